The number of rotatable bonds is 2. The predicted octanol–water partition coefficient (Wildman–Crippen LogP) is 2.32. The van der Waals surface area contributed by atoms with Crippen molar-refractivity contribution in [3.8, 4) is 0 Å². The molecule has 10 heteroatoms. The van der Waals surface area contributed by atoms with Crippen LogP contribution in [0.4, 0.5) is 11.5 Å². The fourth-order valence-corrected chi connectivity index (χ4v) is 3.31. The molecule has 2 aliphatic heterocycles. The van der Waals surface area contributed by atoms with Crippen LogP contribution in [0, 0.1) is 0 Å². The molecule has 0 saturated heterocycles. The van der Waals surface area contributed by atoms with Gasteiger partial charge in [0.05, 0.1) is 21.3 Å². The summed E-state index contributed by atoms with van der Waals surface area (Å²) in [5.41, 5.74) is 1.51. The predicted molar refractivity (Wildman–Crippen MR) is 103 cm³/mol. The average molecular weight is 403 g/mol. The van der Waals surface area contributed by atoms with E-state index in [0.29, 0.717) is 39.4 Å². The zero-order chi connectivity index (χ0) is 19.3. The zero-order valence-electron chi connectivity index (χ0n) is 14.3. The Morgan fingerprint density at radius 1 is 1.00 bits per heavy atom. The van der Waals surface area contributed by atoms with Crippen molar-refractivity contribution in [1.29, 1.82) is 0 Å². The van der Waals surface area contributed by atoms with Crippen LogP contribution in [-0.4, -0.2) is 46.8 Å². The Bertz CT molecular complexity index is 1070. The number of halogens is 2. The Kier molecular flexibility index (Phi) is 4.16. The second-order valence-electron chi connectivity index (χ2n) is 5.86. The normalized spacial score (nSPS) is 18.7. The quantitative estimate of drug-likeness (QED) is 0.720. The maximum absolute atomic E-state index is 12.7. The van der Waals surface area contributed by atoms with Crippen molar-refractivity contribution >= 4 is 57.9 Å². The highest BCUT2D eigenvalue weighted by atomic mass is 35.5. The van der Waals surface area contributed by atoms with Crippen LogP contribution in [0.25, 0.3) is 0 Å². The van der Waals surface area contributed by atoms with E-state index in [0.717, 1.165) is 0 Å². The second kappa shape index (κ2) is 6.40. The topological polar surface area (TPSA) is 91.1 Å². The van der Waals surface area contributed by atoms with Gasteiger partial charge in [0.25, 0.3) is 11.8 Å². The van der Waals surface area contributed by atoms with Gasteiger partial charge in [-0.15, -0.1) is 10.2 Å². The zero-order valence-corrected chi connectivity index (χ0v) is 15.8. The summed E-state index contributed by atoms with van der Waals surface area (Å²) >= 11 is 12.0. The van der Waals surface area contributed by atoms with E-state index in [1.165, 1.54) is 22.2 Å². The van der Waals surface area contributed by atoms with E-state index in [1.54, 1.807) is 19.2 Å². The van der Waals surface area contributed by atoms with E-state index in [2.05, 4.69) is 20.2 Å². The van der Waals surface area contributed by atoms with E-state index >= 15 is 0 Å². The maximum atomic E-state index is 12.7. The number of nitrogens with zero attached hydrogens (tertiary/aromatic N) is 6. The van der Waals surface area contributed by atoms with Gasteiger partial charge in [-0.2, -0.15) is 0 Å². The van der Waals surface area contributed by atoms with Crippen molar-refractivity contribution < 1.29 is 9.59 Å². The fraction of sp³-hybridized carbons (Fsp3) is 0.176. The van der Waals surface area contributed by atoms with Crippen molar-refractivity contribution in [2.75, 3.05) is 23.4 Å². The number of hydrogen-bond acceptors (Lipinski definition) is 6. The molecule has 0 radical (unpaired) electrons. The summed E-state index contributed by atoms with van der Waals surface area (Å²) in [6.45, 7) is 2.25. The highest BCUT2D eigenvalue weighted by Crippen LogP contribution is 2.31. The minimum atomic E-state index is -0.383. The molecule has 136 valence electrons. The molecular weight excluding hydrogens is 391 g/mol. The molecule has 2 amide bonds. The number of anilines is 2. The van der Waals surface area contributed by atoms with E-state index in [4.69, 9.17) is 23.2 Å². The van der Waals surface area contributed by atoms with Crippen LogP contribution in [0.15, 0.2) is 34.7 Å². The Labute approximate surface area is 164 Å². The largest absolute Gasteiger partial charge is 0.305 e. The first-order valence-electron chi connectivity index (χ1n) is 7.99. The van der Waals surface area contributed by atoms with E-state index in [9.17, 15) is 9.59 Å². The van der Waals surface area contributed by atoms with Gasteiger partial charge in [0.15, 0.2) is 11.4 Å². The van der Waals surface area contributed by atoms with Gasteiger partial charge < -0.3 is 4.90 Å². The molecule has 0 bridgehead atoms. The van der Waals surface area contributed by atoms with E-state index in [1.807, 2.05) is 6.92 Å². The molecule has 8 nitrogen and oxygen atoms in total. The number of fused-ring (bicyclic) bond motifs is 2. The standard InChI is InChI=1S/C17H12Cl2N6O2/c1-3-25-11-5-9(19)6-20-13(11)14(17(25)27)23-22-12-10-4-8(18)7-21-15(10)24(2)16(12)26/h4-7H,3H2,1-2H3/b22-12-,23-14?. The molecule has 0 saturated carbocycles. The Hall–Kier alpha value is -2.84. The first-order chi connectivity index (χ1) is 12.9. The highest BCUT2D eigenvalue weighted by Gasteiger charge is 2.36. The van der Waals surface area contributed by atoms with Gasteiger partial charge in [-0.25, -0.2) is 4.98 Å². The number of amides is 2. The fourth-order valence-electron chi connectivity index (χ4n) is 3.00. The molecule has 27 heavy (non-hydrogen) atoms. The molecule has 0 spiro atoms. The van der Waals surface area contributed by atoms with Crippen molar-refractivity contribution in [3.05, 3.63) is 45.8 Å². The Morgan fingerprint density at radius 3 is 2.41 bits per heavy atom. The number of carbonyl (C=O) groups is 2. The first kappa shape index (κ1) is 17.6. The lowest BCUT2D eigenvalue weighted by Gasteiger charge is -2.12. The number of carbonyl (C=O) groups excluding carboxylic acids is 2. The Morgan fingerprint density at radius 2 is 1.67 bits per heavy atom. The minimum absolute atomic E-state index is 0.0508. The average Bonchev–Trinajstić information content (AvgIpc) is 3.03. The van der Waals surface area contributed by atoms with Gasteiger partial charge in [0, 0.05) is 26.0 Å². The van der Waals surface area contributed by atoms with Gasteiger partial charge in [-0.05, 0) is 19.1 Å². The molecule has 2 aromatic heterocycles. The smallest absolute Gasteiger partial charge is 0.281 e. The summed E-state index contributed by atoms with van der Waals surface area (Å²) in [6.07, 6.45) is 2.88. The molecular formula is C17H12Cl2N6O2. The minimum Gasteiger partial charge on any atom is -0.305 e. The molecule has 0 unspecified atom stereocenters. The molecule has 0 aromatic carbocycles. The molecule has 2 aromatic rings. The van der Waals surface area contributed by atoms with Crippen molar-refractivity contribution in [2.24, 2.45) is 10.2 Å². The van der Waals surface area contributed by atoms with Gasteiger partial charge in [-0.3, -0.25) is 19.5 Å². The molecule has 2 aliphatic rings. The van der Waals surface area contributed by atoms with E-state index in [-0.39, 0.29) is 23.2 Å². The summed E-state index contributed by atoms with van der Waals surface area (Å²) in [6, 6.07) is 3.24. The number of pyridine rings is 2. The summed E-state index contributed by atoms with van der Waals surface area (Å²) in [7, 11) is 1.58. The monoisotopic (exact) mass is 402 g/mol. The van der Waals surface area contributed by atoms with Crippen molar-refractivity contribution in [3.63, 3.8) is 0 Å². The van der Waals surface area contributed by atoms with Crippen molar-refractivity contribution in [2.45, 2.75) is 6.92 Å². The molecule has 0 aliphatic carbocycles. The van der Waals surface area contributed by atoms with Crippen LogP contribution in [0.2, 0.25) is 10.0 Å². The third-order valence-corrected chi connectivity index (χ3v) is 4.69. The lowest BCUT2D eigenvalue weighted by atomic mass is 10.2. The number of aromatic nitrogens is 2. The highest BCUT2D eigenvalue weighted by molar-refractivity contribution is 6.56. The summed E-state index contributed by atoms with van der Waals surface area (Å²) in [5.74, 6) is -0.303. The SMILES string of the molecule is CCN1C(=O)C(=N/N=C2\C(=O)N(C)c3ncc(Cl)cc32)c2ncc(Cl)cc21. The lowest BCUT2D eigenvalue weighted by Crippen LogP contribution is -2.29. The van der Waals surface area contributed by atoms with Crippen LogP contribution in [0.5, 0.6) is 0 Å². The van der Waals surface area contributed by atoms with Crippen LogP contribution in [0.1, 0.15) is 18.2 Å². The van der Waals surface area contributed by atoms with Gasteiger partial charge in [0.2, 0.25) is 0 Å². The number of hydrogen-bond donors (Lipinski definition) is 0. The van der Waals surface area contributed by atoms with Gasteiger partial charge in [0.1, 0.15) is 11.5 Å². The van der Waals surface area contributed by atoms with Crippen LogP contribution >= 0.6 is 23.2 Å². The summed E-state index contributed by atoms with van der Waals surface area (Å²) in [5, 5.41) is 8.89. The molecule has 4 rings (SSSR count). The summed E-state index contributed by atoms with van der Waals surface area (Å²) < 4.78 is 0. The first-order valence-corrected chi connectivity index (χ1v) is 8.75. The lowest BCUT2D eigenvalue weighted by molar-refractivity contribution is -0.113. The van der Waals surface area contributed by atoms with Crippen LogP contribution in [-0.2, 0) is 9.59 Å². The van der Waals surface area contributed by atoms with Gasteiger partial charge in [-0.1, -0.05) is 23.2 Å². The second-order valence-corrected chi connectivity index (χ2v) is 6.73. The van der Waals surface area contributed by atoms with Crippen LogP contribution in [0.3, 0.4) is 0 Å². The third kappa shape index (κ3) is 2.68. The molecule has 0 atom stereocenters. The Balaban J connectivity index is 1.83. The molecule has 0 fully saturated rings. The van der Waals surface area contributed by atoms with Gasteiger partial charge >= 0.3 is 0 Å². The van der Waals surface area contributed by atoms with E-state index < -0.39 is 0 Å². The summed E-state index contributed by atoms with van der Waals surface area (Å²) in [4.78, 5) is 36.4. The third-order valence-electron chi connectivity index (χ3n) is 4.28. The molecule has 0 N–H and O–H groups in total. The van der Waals surface area contributed by atoms with Crippen LogP contribution < -0.4 is 9.80 Å². The molecule has 4 heterocycles. The van der Waals surface area contributed by atoms with Crippen molar-refractivity contribution in [1.82, 2.24) is 9.97 Å². The number of likely N-dealkylation sites (N-methyl/N-ethyl adjacent to an activating group) is 2. The maximum Gasteiger partial charge on any atom is 0.281 e.